The molecule has 2 atom stereocenters. The summed E-state index contributed by atoms with van der Waals surface area (Å²) in [5, 5.41) is 13.5. The molecule has 1 fully saturated rings. The van der Waals surface area contributed by atoms with Crippen molar-refractivity contribution >= 4 is 22.4 Å². The topological polar surface area (TPSA) is 65.5 Å². The number of carboxylic acid groups (broad SMARTS) is 1. The number of thiazole rings is 1. The van der Waals surface area contributed by atoms with E-state index in [0.29, 0.717) is 12.5 Å². The van der Waals surface area contributed by atoms with Gasteiger partial charge in [0.1, 0.15) is 5.92 Å². The smallest absolute Gasteiger partial charge is 0.312 e. The molecule has 3 rings (SSSR count). The van der Waals surface area contributed by atoms with Gasteiger partial charge in [-0.1, -0.05) is 6.42 Å². The Hall–Kier alpha value is -1.14. The van der Waals surface area contributed by atoms with Crippen molar-refractivity contribution < 1.29 is 9.90 Å². The van der Waals surface area contributed by atoms with Crippen molar-refractivity contribution in [2.75, 3.05) is 25.0 Å². The molecule has 0 saturated carbocycles. The maximum absolute atomic E-state index is 11.2. The standard InChI is InChI=1S/C15H23N3O2S/c1-10(18-7-3-2-4-8-18)9-16-15-17-13-11(14(19)20)5-6-12(13)21-15/h10-11H,2-9H2,1H3,(H,16,17)(H,19,20). The highest BCUT2D eigenvalue weighted by Gasteiger charge is 2.32. The van der Waals surface area contributed by atoms with E-state index in [1.807, 2.05) is 0 Å². The third-order valence-electron chi connectivity index (χ3n) is 4.58. The normalized spacial score (nSPS) is 23.8. The number of carboxylic acids is 1. The van der Waals surface area contributed by atoms with Crippen LogP contribution in [-0.4, -0.2) is 46.6 Å². The summed E-state index contributed by atoms with van der Waals surface area (Å²) in [5.41, 5.74) is 0.792. The predicted molar refractivity (Wildman–Crippen MR) is 84.2 cm³/mol. The van der Waals surface area contributed by atoms with E-state index in [4.69, 9.17) is 0 Å². The zero-order chi connectivity index (χ0) is 14.8. The number of likely N-dealkylation sites (tertiary alicyclic amines) is 1. The minimum absolute atomic E-state index is 0.397. The molecule has 1 aromatic rings. The summed E-state index contributed by atoms with van der Waals surface area (Å²) in [4.78, 5) is 19.4. The molecule has 1 aliphatic heterocycles. The van der Waals surface area contributed by atoms with Crippen LogP contribution in [0.3, 0.4) is 0 Å². The third-order valence-corrected chi connectivity index (χ3v) is 5.67. The fourth-order valence-corrected chi connectivity index (χ4v) is 4.31. The summed E-state index contributed by atoms with van der Waals surface area (Å²) in [7, 11) is 0. The Morgan fingerprint density at radius 3 is 2.95 bits per heavy atom. The predicted octanol–water partition coefficient (Wildman–Crippen LogP) is 2.54. The number of carbonyl (C=O) groups is 1. The molecule has 0 aromatic carbocycles. The number of anilines is 1. The Bertz CT molecular complexity index is 511. The maximum atomic E-state index is 11.2. The zero-order valence-electron chi connectivity index (χ0n) is 12.5. The lowest BCUT2D eigenvalue weighted by Gasteiger charge is -2.32. The van der Waals surface area contributed by atoms with E-state index in [2.05, 4.69) is 22.1 Å². The Morgan fingerprint density at radius 2 is 2.24 bits per heavy atom. The highest BCUT2D eigenvalue weighted by Crippen LogP contribution is 2.38. The van der Waals surface area contributed by atoms with Crippen LogP contribution in [0.4, 0.5) is 5.13 Å². The lowest BCUT2D eigenvalue weighted by Crippen LogP contribution is -2.41. The van der Waals surface area contributed by atoms with Crippen LogP contribution in [-0.2, 0) is 11.2 Å². The first-order chi connectivity index (χ1) is 10.1. The van der Waals surface area contributed by atoms with Crippen molar-refractivity contribution in [3.63, 3.8) is 0 Å². The number of nitrogens with zero attached hydrogens (tertiary/aromatic N) is 2. The number of rotatable bonds is 5. The molecule has 0 spiro atoms. The van der Waals surface area contributed by atoms with Crippen molar-refractivity contribution in [3.8, 4) is 0 Å². The minimum Gasteiger partial charge on any atom is -0.481 e. The molecule has 1 saturated heterocycles. The average molecular weight is 309 g/mol. The van der Waals surface area contributed by atoms with Crippen molar-refractivity contribution in [2.24, 2.45) is 0 Å². The Kier molecular flexibility index (Phi) is 4.45. The Labute approximate surface area is 129 Å². The minimum atomic E-state index is -0.743. The molecule has 116 valence electrons. The van der Waals surface area contributed by atoms with Gasteiger partial charge in [-0.05, 0) is 45.7 Å². The van der Waals surface area contributed by atoms with Crippen molar-refractivity contribution in [1.29, 1.82) is 0 Å². The number of aliphatic carboxylic acids is 1. The monoisotopic (exact) mass is 309 g/mol. The van der Waals surface area contributed by atoms with Crippen LogP contribution in [0, 0.1) is 0 Å². The quantitative estimate of drug-likeness (QED) is 0.875. The highest BCUT2D eigenvalue weighted by molar-refractivity contribution is 7.15. The van der Waals surface area contributed by atoms with Gasteiger partial charge >= 0.3 is 5.97 Å². The largest absolute Gasteiger partial charge is 0.481 e. The van der Waals surface area contributed by atoms with Crippen LogP contribution in [0.1, 0.15) is 49.1 Å². The molecule has 5 nitrogen and oxygen atoms in total. The molecular weight excluding hydrogens is 286 g/mol. The molecule has 2 aliphatic rings. The zero-order valence-corrected chi connectivity index (χ0v) is 13.3. The fraction of sp³-hybridized carbons (Fsp3) is 0.733. The first kappa shape index (κ1) is 14.8. The van der Waals surface area contributed by atoms with E-state index in [0.717, 1.165) is 28.7 Å². The Balaban J connectivity index is 1.56. The van der Waals surface area contributed by atoms with Crippen LogP contribution >= 0.6 is 11.3 Å². The number of aryl methyl sites for hydroxylation is 1. The molecule has 1 aromatic heterocycles. The maximum Gasteiger partial charge on any atom is 0.312 e. The summed E-state index contributed by atoms with van der Waals surface area (Å²) >= 11 is 1.63. The van der Waals surface area contributed by atoms with E-state index in [-0.39, 0.29) is 0 Å². The van der Waals surface area contributed by atoms with E-state index in [9.17, 15) is 9.90 Å². The average Bonchev–Trinajstić information content (AvgIpc) is 3.05. The first-order valence-corrected chi connectivity index (χ1v) is 8.67. The first-order valence-electron chi connectivity index (χ1n) is 7.85. The number of nitrogens with one attached hydrogen (secondary N) is 1. The molecule has 2 N–H and O–H groups in total. The molecular formula is C15H23N3O2S. The number of hydrogen-bond acceptors (Lipinski definition) is 5. The van der Waals surface area contributed by atoms with Crippen molar-refractivity contribution in [1.82, 2.24) is 9.88 Å². The molecule has 0 radical (unpaired) electrons. The number of fused-ring (bicyclic) bond motifs is 1. The Morgan fingerprint density at radius 1 is 1.48 bits per heavy atom. The molecule has 0 bridgehead atoms. The lowest BCUT2D eigenvalue weighted by atomic mass is 10.1. The lowest BCUT2D eigenvalue weighted by molar-refractivity contribution is -0.138. The van der Waals surface area contributed by atoms with Crippen molar-refractivity contribution in [2.45, 2.75) is 51.0 Å². The van der Waals surface area contributed by atoms with Gasteiger partial charge in [0, 0.05) is 17.5 Å². The summed E-state index contributed by atoms with van der Waals surface area (Å²) in [6.07, 6.45) is 5.51. The molecule has 6 heteroatoms. The second-order valence-electron chi connectivity index (χ2n) is 6.08. The van der Waals surface area contributed by atoms with E-state index in [1.54, 1.807) is 11.3 Å². The van der Waals surface area contributed by atoms with Gasteiger partial charge in [0.2, 0.25) is 0 Å². The number of hydrogen-bond donors (Lipinski definition) is 2. The molecule has 0 amide bonds. The third kappa shape index (κ3) is 3.21. The molecule has 21 heavy (non-hydrogen) atoms. The van der Waals surface area contributed by atoms with Crippen LogP contribution < -0.4 is 5.32 Å². The van der Waals surface area contributed by atoms with Crippen LogP contribution in [0.15, 0.2) is 0 Å². The van der Waals surface area contributed by atoms with Crippen molar-refractivity contribution in [3.05, 3.63) is 10.6 Å². The van der Waals surface area contributed by atoms with Gasteiger partial charge in [0.25, 0.3) is 0 Å². The summed E-state index contributed by atoms with van der Waals surface area (Å²) < 4.78 is 0. The summed E-state index contributed by atoms with van der Waals surface area (Å²) in [5.74, 6) is -1.14. The molecule has 2 heterocycles. The number of aromatic nitrogens is 1. The van der Waals surface area contributed by atoms with E-state index in [1.165, 1.54) is 32.4 Å². The van der Waals surface area contributed by atoms with Gasteiger partial charge < -0.3 is 10.4 Å². The van der Waals surface area contributed by atoms with E-state index < -0.39 is 11.9 Å². The van der Waals surface area contributed by atoms with Crippen LogP contribution in [0.5, 0.6) is 0 Å². The van der Waals surface area contributed by atoms with Gasteiger partial charge in [-0.3, -0.25) is 9.69 Å². The van der Waals surface area contributed by atoms with Gasteiger partial charge in [-0.2, -0.15) is 0 Å². The van der Waals surface area contributed by atoms with Gasteiger partial charge in [-0.25, -0.2) is 4.98 Å². The molecule has 1 aliphatic carbocycles. The van der Waals surface area contributed by atoms with Gasteiger partial charge in [0.05, 0.1) is 5.69 Å². The fourth-order valence-electron chi connectivity index (χ4n) is 3.27. The highest BCUT2D eigenvalue weighted by atomic mass is 32.1. The second-order valence-corrected chi connectivity index (χ2v) is 7.17. The SMILES string of the molecule is CC(CNc1nc2c(s1)CCC2C(=O)O)N1CCCCC1. The summed E-state index contributed by atoms with van der Waals surface area (Å²) in [6, 6.07) is 0.499. The second kappa shape index (κ2) is 6.32. The van der Waals surface area contributed by atoms with Gasteiger partial charge in [-0.15, -0.1) is 11.3 Å². The van der Waals surface area contributed by atoms with E-state index >= 15 is 0 Å². The van der Waals surface area contributed by atoms with Gasteiger partial charge in [0.15, 0.2) is 5.13 Å². The molecule has 2 unspecified atom stereocenters. The summed E-state index contributed by atoms with van der Waals surface area (Å²) in [6.45, 7) is 5.51. The van der Waals surface area contributed by atoms with Crippen LogP contribution in [0.25, 0.3) is 0 Å². The van der Waals surface area contributed by atoms with Crippen LogP contribution in [0.2, 0.25) is 0 Å². The number of piperidine rings is 1.